The van der Waals surface area contributed by atoms with Crippen LogP contribution < -0.4 is 5.32 Å². The van der Waals surface area contributed by atoms with Crippen LogP contribution in [0.3, 0.4) is 0 Å². The van der Waals surface area contributed by atoms with Crippen molar-refractivity contribution in [3.63, 3.8) is 0 Å². The number of carbonyl (C=O) groups is 2. The Labute approximate surface area is 184 Å². The quantitative estimate of drug-likeness (QED) is 0.408. The van der Waals surface area contributed by atoms with E-state index in [2.05, 4.69) is 12.2 Å². The predicted molar refractivity (Wildman–Crippen MR) is 120 cm³/mol. The molecule has 4 nitrogen and oxygen atoms in total. The van der Waals surface area contributed by atoms with E-state index in [9.17, 15) is 9.59 Å². The molecule has 1 unspecified atom stereocenters. The van der Waals surface area contributed by atoms with E-state index in [4.69, 9.17) is 27.9 Å². The van der Waals surface area contributed by atoms with Crippen molar-refractivity contribution in [1.82, 2.24) is 0 Å². The minimum atomic E-state index is -0.372. The van der Waals surface area contributed by atoms with E-state index in [1.807, 2.05) is 0 Å². The molecular formula is C22H23Cl2NO3S. The van der Waals surface area contributed by atoms with E-state index in [-0.39, 0.29) is 11.9 Å². The number of ether oxygens (including phenoxy) is 1. The van der Waals surface area contributed by atoms with Crippen LogP contribution in [0.4, 0.5) is 5.00 Å². The third-order valence-corrected chi connectivity index (χ3v) is 6.94. The Morgan fingerprint density at radius 2 is 2.07 bits per heavy atom. The van der Waals surface area contributed by atoms with Gasteiger partial charge in [0.15, 0.2) is 0 Å². The molecular weight excluding hydrogens is 429 g/mol. The summed E-state index contributed by atoms with van der Waals surface area (Å²) in [5, 5.41) is 4.32. The fourth-order valence-corrected chi connectivity index (χ4v) is 5.11. The fraction of sp³-hybridized carbons (Fsp3) is 0.364. The van der Waals surface area contributed by atoms with Gasteiger partial charge < -0.3 is 10.1 Å². The maximum Gasteiger partial charge on any atom is 0.341 e. The molecule has 0 radical (unpaired) electrons. The molecule has 0 spiro atoms. The van der Waals surface area contributed by atoms with Gasteiger partial charge in [0.1, 0.15) is 5.00 Å². The Balaban J connectivity index is 1.82. The molecule has 1 aliphatic carbocycles. The van der Waals surface area contributed by atoms with Crippen LogP contribution in [0.5, 0.6) is 0 Å². The monoisotopic (exact) mass is 451 g/mol. The molecule has 29 heavy (non-hydrogen) atoms. The molecule has 1 aromatic carbocycles. The number of amides is 1. The van der Waals surface area contributed by atoms with Crippen molar-refractivity contribution < 1.29 is 14.3 Å². The van der Waals surface area contributed by atoms with E-state index in [1.54, 1.807) is 31.2 Å². The van der Waals surface area contributed by atoms with Gasteiger partial charge in [-0.2, -0.15) is 0 Å². The van der Waals surface area contributed by atoms with Crippen molar-refractivity contribution in [2.24, 2.45) is 5.92 Å². The lowest BCUT2D eigenvalue weighted by atomic mass is 9.85. The van der Waals surface area contributed by atoms with Crippen LogP contribution in [-0.4, -0.2) is 18.5 Å². The zero-order valence-electron chi connectivity index (χ0n) is 16.4. The number of hydrogen-bond donors (Lipinski definition) is 1. The van der Waals surface area contributed by atoms with Gasteiger partial charge in [-0.1, -0.05) is 42.6 Å². The average Bonchev–Trinajstić information content (AvgIpc) is 3.05. The van der Waals surface area contributed by atoms with Gasteiger partial charge in [-0.15, -0.1) is 11.3 Å². The van der Waals surface area contributed by atoms with Gasteiger partial charge in [0.2, 0.25) is 5.91 Å². The summed E-state index contributed by atoms with van der Waals surface area (Å²) in [5.41, 5.74) is 2.30. The molecule has 1 heterocycles. The first kappa shape index (κ1) is 21.9. The molecule has 0 bridgehead atoms. The fourth-order valence-electron chi connectivity index (χ4n) is 3.45. The third kappa shape index (κ3) is 5.21. The maximum atomic E-state index is 12.6. The number of carbonyl (C=O) groups excluding carboxylic acids is 2. The van der Waals surface area contributed by atoms with E-state index >= 15 is 0 Å². The largest absolute Gasteiger partial charge is 0.462 e. The summed E-state index contributed by atoms with van der Waals surface area (Å²) in [5.74, 6) is -0.0646. The van der Waals surface area contributed by atoms with Gasteiger partial charge in [-0.25, -0.2) is 4.79 Å². The average molecular weight is 452 g/mol. The first-order valence-corrected chi connectivity index (χ1v) is 11.3. The number of nitrogens with one attached hydrogen (secondary N) is 1. The summed E-state index contributed by atoms with van der Waals surface area (Å²) in [6.07, 6.45) is 7.02. The SMILES string of the molecule is CCOC(=O)c1c(NC(=O)C=Cc2ccc(Cl)c(Cl)c2)sc2c1CCC(CC)C2. The number of anilines is 1. The molecule has 1 aromatic heterocycles. The van der Waals surface area contributed by atoms with Crippen LogP contribution in [0.2, 0.25) is 10.0 Å². The lowest BCUT2D eigenvalue weighted by molar-refractivity contribution is -0.111. The summed E-state index contributed by atoms with van der Waals surface area (Å²) < 4.78 is 5.25. The van der Waals surface area contributed by atoms with Gasteiger partial charge in [-0.3, -0.25) is 4.79 Å². The minimum Gasteiger partial charge on any atom is -0.462 e. The molecule has 154 valence electrons. The van der Waals surface area contributed by atoms with Gasteiger partial charge in [-0.05, 0) is 61.4 Å². The first-order chi connectivity index (χ1) is 13.9. The Kier molecular flexibility index (Phi) is 7.38. The zero-order valence-corrected chi connectivity index (χ0v) is 18.7. The van der Waals surface area contributed by atoms with Gasteiger partial charge in [0.25, 0.3) is 0 Å². The van der Waals surface area contributed by atoms with Crippen molar-refractivity contribution >= 4 is 57.5 Å². The smallest absolute Gasteiger partial charge is 0.341 e. The highest BCUT2D eigenvalue weighted by Gasteiger charge is 2.29. The predicted octanol–water partition coefficient (Wildman–Crippen LogP) is 6.40. The molecule has 7 heteroatoms. The number of esters is 1. The Morgan fingerprint density at radius 1 is 1.28 bits per heavy atom. The molecule has 0 saturated carbocycles. The van der Waals surface area contributed by atoms with E-state index < -0.39 is 0 Å². The second-order valence-corrected chi connectivity index (χ2v) is 8.86. The lowest BCUT2D eigenvalue weighted by Gasteiger charge is -2.20. The summed E-state index contributed by atoms with van der Waals surface area (Å²) in [7, 11) is 0. The van der Waals surface area contributed by atoms with Crippen LogP contribution in [0.25, 0.3) is 6.08 Å². The molecule has 1 N–H and O–H groups in total. The second-order valence-electron chi connectivity index (χ2n) is 6.94. The highest BCUT2D eigenvalue weighted by atomic mass is 35.5. The van der Waals surface area contributed by atoms with Crippen molar-refractivity contribution in [3.8, 4) is 0 Å². The number of rotatable bonds is 6. The van der Waals surface area contributed by atoms with Crippen LogP contribution in [-0.2, 0) is 22.4 Å². The first-order valence-electron chi connectivity index (χ1n) is 9.68. The Morgan fingerprint density at radius 3 is 2.76 bits per heavy atom. The summed E-state index contributed by atoms with van der Waals surface area (Å²) in [6, 6.07) is 5.14. The standard InChI is InChI=1S/C22H23Cl2NO3S/c1-3-13-5-8-15-18(12-13)29-21(20(15)22(27)28-4-2)25-19(26)10-7-14-6-9-16(23)17(24)11-14/h6-7,9-11,13H,3-5,8,12H2,1-2H3,(H,25,26). The normalized spacial score (nSPS) is 15.9. The second kappa shape index (κ2) is 9.79. The Bertz CT molecular complexity index is 952. The Hall–Kier alpha value is -1.82. The molecule has 1 atom stereocenters. The summed E-state index contributed by atoms with van der Waals surface area (Å²) in [6.45, 7) is 4.26. The van der Waals surface area contributed by atoms with E-state index in [0.29, 0.717) is 33.1 Å². The van der Waals surface area contributed by atoms with Crippen molar-refractivity contribution in [2.75, 3.05) is 11.9 Å². The van der Waals surface area contributed by atoms with Gasteiger partial charge in [0.05, 0.1) is 22.2 Å². The zero-order chi connectivity index (χ0) is 21.0. The van der Waals surface area contributed by atoms with Crippen LogP contribution >= 0.6 is 34.5 Å². The molecule has 2 aromatic rings. The molecule has 0 saturated heterocycles. The number of thiophene rings is 1. The number of benzene rings is 1. The van der Waals surface area contributed by atoms with Crippen molar-refractivity contribution in [3.05, 3.63) is 55.9 Å². The maximum absolute atomic E-state index is 12.6. The van der Waals surface area contributed by atoms with E-state index in [0.717, 1.165) is 36.8 Å². The topological polar surface area (TPSA) is 55.4 Å². The van der Waals surface area contributed by atoms with E-state index in [1.165, 1.54) is 22.3 Å². The lowest BCUT2D eigenvalue weighted by Crippen LogP contribution is -2.16. The van der Waals surface area contributed by atoms with Crippen LogP contribution in [0, 0.1) is 5.92 Å². The van der Waals surface area contributed by atoms with Gasteiger partial charge in [0, 0.05) is 11.0 Å². The number of fused-ring (bicyclic) bond motifs is 1. The van der Waals surface area contributed by atoms with Crippen LogP contribution in [0.1, 0.15) is 53.1 Å². The molecule has 3 rings (SSSR count). The number of halogens is 2. The number of hydrogen-bond acceptors (Lipinski definition) is 4. The van der Waals surface area contributed by atoms with Crippen molar-refractivity contribution in [2.45, 2.75) is 39.5 Å². The molecule has 1 amide bonds. The summed E-state index contributed by atoms with van der Waals surface area (Å²) >= 11 is 13.4. The van der Waals surface area contributed by atoms with Crippen LogP contribution in [0.15, 0.2) is 24.3 Å². The molecule has 0 fully saturated rings. The minimum absolute atomic E-state index is 0.297. The molecule has 0 aliphatic heterocycles. The molecule has 1 aliphatic rings. The summed E-state index contributed by atoms with van der Waals surface area (Å²) in [4.78, 5) is 26.2. The van der Waals surface area contributed by atoms with Crippen molar-refractivity contribution in [1.29, 1.82) is 0 Å². The highest BCUT2D eigenvalue weighted by Crippen LogP contribution is 2.40. The highest BCUT2D eigenvalue weighted by molar-refractivity contribution is 7.17. The van der Waals surface area contributed by atoms with Gasteiger partial charge >= 0.3 is 5.97 Å². The third-order valence-electron chi connectivity index (χ3n) is 5.03.